The third-order valence-electron chi connectivity index (χ3n) is 6.55. The van der Waals surface area contributed by atoms with Crippen LogP contribution in [0.5, 0.6) is 17.2 Å². The van der Waals surface area contributed by atoms with Gasteiger partial charge < -0.3 is 24.4 Å². The number of fused-ring (bicyclic) bond motifs is 1. The fraction of sp³-hybridized carbons (Fsp3) is 0.379. The first-order valence-electron chi connectivity index (χ1n) is 12.4. The molecule has 3 aromatic rings. The number of hydrogen-bond acceptors (Lipinski definition) is 5. The lowest BCUT2D eigenvalue weighted by Crippen LogP contribution is -2.31. The monoisotopic (exact) mass is 494 g/mol. The fourth-order valence-corrected chi connectivity index (χ4v) is 4.62. The van der Waals surface area contributed by atoms with Gasteiger partial charge in [0.25, 0.3) is 0 Å². The molecule has 4 rings (SSSR count). The SMILES string of the molecule is CCN(CC)CCOc1cc2c(cc1OC)CCNC2c1cccc(OCc2ccc(Cl)cc2)c1. The number of nitrogens with one attached hydrogen (secondary N) is 1. The van der Waals surface area contributed by atoms with Gasteiger partial charge in [0.05, 0.1) is 13.2 Å². The van der Waals surface area contributed by atoms with Gasteiger partial charge in [0.2, 0.25) is 0 Å². The molecular weight excluding hydrogens is 460 g/mol. The maximum Gasteiger partial charge on any atom is 0.161 e. The van der Waals surface area contributed by atoms with Gasteiger partial charge in [0.15, 0.2) is 11.5 Å². The van der Waals surface area contributed by atoms with Crippen molar-refractivity contribution in [1.82, 2.24) is 10.2 Å². The summed E-state index contributed by atoms with van der Waals surface area (Å²) in [6.07, 6.45) is 0.953. The molecule has 0 saturated heterocycles. The molecule has 0 saturated carbocycles. The van der Waals surface area contributed by atoms with Crippen molar-refractivity contribution >= 4 is 11.6 Å². The minimum Gasteiger partial charge on any atom is -0.493 e. The molecule has 0 fully saturated rings. The number of rotatable bonds is 11. The van der Waals surface area contributed by atoms with E-state index in [4.69, 9.17) is 25.8 Å². The van der Waals surface area contributed by atoms with Gasteiger partial charge in [0, 0.05) is 18.1 Å². The lowest BCUT2D eigenvalue weighted by Gasteiger charge is -2.29. The summed E-state index contributed by atoms with van der Waals surface area (Å²) in [5.41, 5.74) is 4.76. The van der Waals surface area contributed by atoms with Crippen molar-refractivity contribution in [2.75, 3.05) is 39.9 Å². The number of ether oxygens (including phenoxy) is 3. The molecule has 0 amide bonds. The Labute approximate surface area is 214 Å². The van der Waals surface area contributed by atoms with Crippen LogP contribution >= 0.6 is 11.6 Å². The van der Waals surface area contributed by atoms with Crippen LogP contribution in [0.1, 0.15) is 42.1 Å². The van der Waals surface area contributed by atoms with Crippen LogP contribution in [0.25, 0.3) is 0 Å². The Morgan fingerprint density at radius 2 is 1.77 bits per heavy atom. The van der Waals surface area contributed by atoms with E-state index in [1.165, 1.54) is 16.7 Å². The first-order valence-corrected chi connectivity index (χ1v) is 12.8. The van der Waals surface area contributed by atoms with E-state index in [0.29, 0.717) is 13.2 Å². The molecule has 3 aromatic carbocycles. The molecule has 0 radical (unpaired) electrons. The van der Waals surface area contributed by atoms with Crippen molar-refractivity contribution in [3.05, 3.63) is 87.9 Å². The van der Waals surface area contributed by atoms with Crippen LogP contribution in [-0.4, -0.2) is 44.8 Å². The summed E-state index contributed by atoms with van der Waals surface area (Å²) in [5.74, 6) is 2.43. The van der Waals surface area contributed by atoms with E-state index in [2.05, 4.69) is 48.3 Å². The van der Waals surface area contributed by atoms with Gasteiger partial charge in [-0.3, -0.25) is 0 Å². The summed E-state index contributed by atoms with van der Waals surface area (Å²) in [6.45, 7) is 9.30. The Hall–Kier alpha value is -2.73. The fourth-order valence-electron chi connectivity index (χ4n) is 4.49. The van der Waals surface area contributed by atoms with Gasteiger partial charge in [0.1, 0.15) is 19.0 Å². The Bertz CT molecular complexity index is 1100. The van der Waals surface area contributed by atoms with Gasteiger partial charge in [-0.15, -0.1) is 0 Å². The third kappa shape index (κ3) is 6.49. The quantitative estimate of drug-likeness (QED) is 0.360. The minimum absolute atomic E-state index is 0.0638. The van der Waals surface area contributed by atoms with E-state index in [-0.39, 0.29) is 6.04 Å². The number of hydrogen-bond donors (Lipinski definition) is 1. The highest BCUT2D eigenvalue weighted by atomic mass is 35.5. The molecule has 186 valence electrons. The maximum absolute atomic E-state index is 6.20. The number of benzene rings is 3. The van der Waals surface area contributed by atoms with E-state index in [9.17, 15) is 0 Å². The third-order valence-corrected chi connectivity index (χ3v) is 6.80. The Kier molecular flexibility index (Phi) is 8.91. The van der Waals surface area contributed by atoms with Crippen LogP contribution in [0.3, 0.4) is 0 Å². The Morgan fingerprint density at radius 1 is 0.971 bits per heavy atom. The molecule has 1 unspecified atom stereocenters. The standard InChI is InChI=1S/C29H35ClN2O3/c1-4-32(5-2)15-16-34-28-19-26-22(18-27(28)33-3)13-14-31-29(26)23-7-6-8-25(17-23)35-20-21-9-11-24(30)12-10-21/h6-12,17-19,29,31H,4-5,13-16,20H2,1-3H3. The zero-order valence-corrected chi connectivity index (χ0v) is 21.6. The molecule has 0 aliphatic carbocycles. The molecule has 0 spiro atoms. The van der Waals surface area contributed by atoms with Crippen molar-refractivity contribution in [2.24, 2.45) is 0 Å². The topological polar surface area (TPSA) is 43.0 Å². The van der Waals surface area contributed by atoms with Crippen LogP contribution in [0.2, 0.25) is 5.02 Å². The molecular formula is C29H35ClN2O3. The molecule has 6 heteroatoms. The van der Waals surface area contributed by atoms with Gasteiger partial charge in [-0.2, -0.15) is 0 Å². The van der Waals surface area contributed by atoms with Crippen molar-refractivity contribution in [3.8, 4) is 17.2 Å². The highest BCUT2D eigenvalue weighted by molar-refractivity contribution is 6.30. The average molecular weight is 495 g/mol. The van der Waals surface area contributed by atoms with E-state index in [0.717, 1.165) is 60.4 Å². The van der Waals surface area contributed by atoms with Crippen molar-refractivity contribution in [3.63, 3.8) is 0 Å². The number of methoxy groups -OCH3 is 1. The van der Waals surface area contributed by atoms with Crippen LogP contribution < -0.4 is 19.5 Å². The molecule has 35 heavy (non-hydrogen) atoms. The van der Waals surface area contributed by atoms with Gasteiger partial charge in [-0.25, -0.2) is 0 Å². The van der Waals surface area contributed by atoms with Crippen LogP contribution in [0.15, 0.2) is 60.7 Å². The largest absolute Gasteiger partial charge is 0.493 e. The summed E-state index contributed by atoms with van der Waals surface area (Å²) < 4.78 is 18.0. The van der Waals surface area contributed by atoms with Crippen molar-refractivity contribution in [2.45, 2.75) is 32.9 Å². The van der Waals surface area contributed by atoms with Gasteiger partial charge in [-0.05, 0) is 78.2 Å². The smallest absolute Gasteiger partial charge is 0.161 e. The normalized spacial score (nSPS) is 15.1. The van der Waals surface area contributed by atoms with Crippen LogP contribution in [0.4, 0.5) is 0 Å². The average Bonchev–Trinajstić information content (AvgIpc) is 2.90. The zero-order chi connectivity index (χ0) is 24.6. The number of nitrogens with zero attached hydrogens (tertiary/aromatic N) is 1. The summed E-state index contributed by atoms with van der Waals surface area (Å²) in [5, 5.41) is 4.41. The Morgan fingerprint density at radius 3 is 2.51 bits per heavy atom. The second kappa shape index (κ2) is 12.3. The minimum atomic E-state index is 0.0638. The number of halogens is 1. The molecule has 1 N–H and O–H groups in total. The molecule has 0 aromatic heterocycles. The van der Waals surface area contributed by atoms with E-state index >= 15 is 0 Å². The summed E-state index contributed by atoms with van der Waals surface area (Å²) in [4.78, 5) is 2.35. The van der Waals surface area contributed by atoms with Crippen LogP contribution in [0, 0.1) is 0 Å². The molecule has 0 bridgehead atoms. The van der Waals surface area contributed by atoms with Gasteiger partial charge in [-0.1, -0.05) is 49.7 Å². The highest BCUT2D eigenvalue weighted by Crippen LogP contribution is 2.38. The lowest BCUT2D eigenvalue weighted by molar-refractivity contribution is 0.217. The molecule has 5 nitrogen and oxygen atoms in total. The van der Waals surface area contributed by atoms with E-state index in [1.807, 2.05) is 36.4 Å². The molecule has 1 heterocycles. The number of likely N-dealkylation sites (N-methyl/N-ethyl adjacent to an activating group) is 1. The van der Waals surface area contributed by atoms with Crippen molar-refractivity contribution in [1.29, 1.82) is 0 Å². The second-order valence-corrected chi connectivity index (χ2v) is 9.14. The molecule has 1 aliphatic rings. The van der Waals surface area contributed by atoms with E-state index < -0.39 is 0 Å². The summed E-state index contributed by atoms with van der Waals surface area (Å²) in [7, 11) is 1.71. The summed E-state index contributed by atoms with van der Waals surface area (Å²) >= 11 is 6.00. The van der Waals surface area contributed by atoms with E-state index in [1.54, 1.807) is 7.11 Å². The second-order valence-electron chi connectivity index (χ2n) is 8.70. The maximum atomic E-state index is 6.20. The van der Waals surface area contributed by atoms with Crippen molar-refractivity contribution < 1.29 is 14.2 Å². The predicted molar refractivity (Wildman–Crippen MR) is 142 cm³/mol. The van der Waals surface area contributed by atoms with Crippen LogP contribution in [-0.2, 0) is 13.0 Å². The molecule has 1 aliphatic heterocycles. The zero-order valence-electron chi connectivity index (χ0n) is 20.9. The first kappa shape index (κ1) is 25.4. The Balaban J connectivity index is 1.52. The first-order chi connectivity index (χ1) is 17.1. The van der Waals surface area contributed by atoms with Gasteiger partial charge >= 0.3 is 0 Å². The lowest BCUT2D eigenvalue weighted by atomic mass is 9.89. The summed E-state index contributed by atoms with van der Waals surface area (Å²) in [6, 6.07) is 20.4. The highest BCUT2D eigenvalue weighted by Gasteiger charge is 2.24. The predicted octanol–water partition coefficient (Wildman–Crippen LogP) is 5.88. The molecule has 1 atom stereocenters.